The van der Waals surface area contributed by atoms with Gasteiger partial charge in [-0.1, -0.05) is 12.8 Å². The van der Waals surface area contributed by atoms with Crippen molar-refractivity contribution in [2.45, 2.75) is 44.8 Å². The van der Waals surface area contributed by atoms with Crippen LogP contribution in [-0.4, -0.2) is 33.8 Å². The van der Waals surface area contributed by atoms with E-state index in [1.54, 1.807) is 6.07 Å². The minimum absolute atomic E-state index is 0.338. The van der Waals surface area contributed by atoms with Crippen LogP contribution in [0.1, 0.15) is 38.4 Å². The number of nitrogens with zero attached hydrogens (tertiary/aromatic N) is 2. The van der Waals surface area contributed by atoms with E-state index in [9.17, 15) is 5.11 Å². The zero-order valence-corrected chi connectivity index (χ0v) is 11.9. The molecular weight excluding hydrogens is 258 g/mol. The molecule has 1 aliphatic rings. The fourth-order valence-electron chi connectivity index (χ4n) is 2.38. The quantitative estimate of drug-likeness (QED) is 0.436. The van der Waals surface area contributed by atoms with Gasteiger partial charge in [0.05, 0.1) is 5.60 Å². The van der Waals surface area contributed by atoms with Gasteiger partial charge in [-0.2, -0.15) is 0 Å². The fourth-order valence-corrected chi connectivity index (χ4v) is 2.38. The number of ether oxygens (including phenoxy) is 1. The molecule has 0 unspecified atom stereocenters. The molecule has 20 heavy (non-hydrogen) atoms. The molecule has 1 heterocycles. The van der Waals surface area contributed by atoms with Gasteiger partial charge in [0.25, 0.3) is 0 Å². The van der Waals surface area contributed by atoms with Crippen LogP contribution in [0.2, 0.25) is 0 Å². The molecule has 7 heteroatoms. The highest BCUT2D eigenvalue weighted by atomic mass is 16.5. The molecule has 0 spiro atoms. The highest BCUT2D eigenvalue weighted by Crippen LogP contribution is 2.29. The molecule has 0 aromatic carbocycles. The van der Waals surface area contributed by atoms with E-state index in [4.69, 9.17) is 10.6 Å². The Kier molecular flexibility index (Phi) is 5.11. The Balaban J connectivity index is 2.01. The number of aliphatic hydroxyl groups is 1. The van der Waals surface area contributed by atoms with Crippen molar-refractivity contribution in [3.63, 3.8) is 0 Å². The molecule has 0 radical (unpaired) electrons. The second-order valence-corrected chi connectivity index (χ2v) is 5.12. The summed E-state index contributed by atoms with van der Waals surface area (Å²) in [7, 11) is 0. The average Bonchev–Trinajstić information content (AvgIpc) is 2.90. The van der Waals surface area contributed by atoms with Crippen molar-refractivity contribution < 1.29 is 9.84 Å². The normalized spacial score (nSPS) is 17.1. The van der Waals surface area contributed by atoms with Crippen LogP contribution < -0.4 is 16.6 Å². The highest BCUT2D eigenvalue weighted by Gasteiger charge is 2.30. The van der Waals surface area contributed by atoms with E-state index < -0.39 is 5.60 Å². The summed E-state index contributed by atoms with van der Waals surface area (Å²) in [6.45, 7) is 3.35. The molecule has 0 atom stereocenters. The van der Waals surface area contributed by atoms with Crippen LogP contribution in [0.15, 0.2) is 6.07 Å². The van der Waals surface area contributed by atoms with Crippen molar-refractivity contribution >= 4 is 11.6 Å². The first-order valence-electron chi connectivity index (χ1n) is 7.04. The number of aromatic nitrogens is 2. The minimum atomic E-state index is -0.624. The van der Waals surface area contributed by atoms with Crippen LogP contribution in [0.3, 0.4) is 0 Å². The maximum Gasteiger partial charge on any atom is 0.158 e. The van der Waals surface area contributed by atoms with Gasteiger partial charge in [0.2, 0.25) is 0 Å². The van der Waals surface area contributed by atoms with Gasteiger partial charge in [-0.15, -0.1) is 0 Å². The van der Waals surface area contributed by atoms with Gasteiger partial charge in [-0.05, 0) is 19.8 Å². The van der Waals surface area contributed by atoms with Crippen LogP contribution in [0.5, 0.6) is 0 Å². The van der Waals surface area contributed by atoms with Gasteiger partial charge in [-0.25, -0.2) is 15.8 Å². The first-order chi connectivity index (χ1) is 9.65. The molecule has 1 aromatic heterocycles. The van der Waals surface area contributed by atoms with Crippen molar-refractivity contribution in [1.82, 2.24) is 9.97 Å². The standard InChI is InChI=1S/C13H23N5O2/c1-2-20-8-12-16-10(7-11(17-12)18-14)15-9-13(19)5-3-4-6-13/h7,19H,2-6,8-9,14H2,1H3,(H2,15,16,17,18). The topological polar surface area (TPSA) is 105 Å². The van der Waals surface area contributed by atoms with E-state index in [0.29, 0.717) is 37.2 Å². The number of hydrogen-bond acceptors (Lipinski definition) is 7. The number of hydrazine groups is 1. The van der Waals surface area contributed by atoms with Crippen LogP contribution >= 0.6 is 0 Å². The lowest BCUT2D eigenvalue weighted by atomic mass is 10.0. The van der Waals surface area contributed by atoms with Crippen LogP contribution in [0, 0.1) is 0 Å². The second-order valence-electron chi connectivity index (χ2n) is 5.12. The second kappa shape index (κ2) is 6.83. The summed E-state index contributed by atoms with van der Waals surface area (Å²) in [6, 6.07) is 1.72. The van der Waals surface area contributed by atoms with E-state index in [-0.39, 0.29) is 0 Å². The van der Waals surface area contributed by atoms with Crippen LogP contribution in [-0.2, 0) is 11.3 Å². The first-order valence-corrected chi connectivity index (χ1v) is 7.04. The Hall–Kier alpha value is -1.44. The van der Waals surface area contributed by atoms with Gasteiger partial charge in [0.1, 0.15) is 18.2 Å². The summed E-state index contributed by atoms with van der Waals surface area (Å²) in [5.74, 6) is 7.13. The van der Waals surface area contributed by atoms with Gasteiger partial charge in [0, 0.05) is 19.2 Å². The van der Waals surface area contributed by atoms with Crippen LogP contribution in [0.4, 0.5) is 11.6 Å². The highest BCUT2D eigenvalue weighted by molar-refractivity contribution is 5.47. The van der Waals surface area contributed by atoms with E-state index in [1.165, 1.54) is 0 Å². The zero-order valence-electron chi connectivity index (χ0n) is 11.9. The molecule has 7 nitrogen and oxygen atoms in total. The summed E-state index contributed by atoms with van der Waals surface area (Å²) in [4.78, 5) is 8.57. The smallest absolute Gasteiger partial charge is 0.158 e. The Morgan fingerprint density at radius 2 is 2.05 bits per heavy atom. The molecule has 1 fully saturated rings. The van der Waals surface area contributed by atoms with E-state index in [2.05, 4.69) is 20.7 Å². The van der Waals surface area contributed by atoms with Crippen molar-refractivity contribution in [3.8, 4) is 0 Å². The molecule has 1 aromatic rings. The summed E-state index contributed by atoms with van der Waals surface area (Å²) < 4.78 is 5.30. The molecule has 1 aliphatic carbocycles. The SMILES string of the molecule is CCOCc1nc(NN)cc(NCC2(O)CCCC2)n1. The van der Waals surface area contributed by atoms with Gasteiger partial charge in [-0.3, -0.25) is 0 Å². The third-order valence-electron chi connectivity index (χ3n) is 3.49. The predicted molar refractivity (Wildman–Crippen MR) is 77.1 cm³/mol. The largest absolute Gasteiger partial charge is 0.388 e. The number of anilines is 2. The van der Waals surface area contributed by atoms with E-state index in [0.717, 1.165) is 25.7 Å². The van der Waals surface area contributed by atoms with Crippen molar-refractivity contribution in [1.29, 1.82) is 0 Å². The molecule has 0 aliphatic heterocycles. The molecular formula is C13H23N5O2. The number of hydrogen-bond donors (Lipinski definition) is 4. The Bertz CT molecular complexity index is 435. The molecule has 5 N–H and O–H groups in total. The maximum absolute atomic E-state index is 10.3. The number of nitrogens with one attached hydrogen (secondary N) is 2. The molecule has 2 rings (SSSR count). The first kappa shape index (κ1) is 15.0. The lowest BCUT2D eigenvalue weighted by Gasteiger charge is -2.22. The summed E-state index contributed by atoms with van der Waals surface area (Å²) in [5, 5.41) is 13.5. The third kappa shape index (κ3) is 4.03. The lowest BCUT2D eigenvalue weighted by molar-refractivity contribution is 0.0613. The Morgan fingerprint density at radius 1 is 1.35 bits per heavy atom. The van der Waals surface area contributed by atoms with E-state index in [1.807, 2.05) is 6.92 Å². The van der Waals surface area contributed by atoms with Crippen molar-refractivity contribution in [3.05, 3.63) is 11.9 Å². The monoisotopic (exact) mass is 281 g/mol. The van der Waals surface area contributed by atoms with Gasteiger partial charge in [0.15, 0.2) is 5.82 Å². The minimum Gasteiger partial charge on any atom is -0.388 e. The third-order valence-corrected chi connectivity index (χ3v) is 3.49. The molecule has 0 amide bonds. The summed E-state index contributed by atoms with van der Waals surface area (Å²) in [6.07, 6.45) is 3.82. The zero-order chi connectivity index (χ0) is 14.4. The Labute approximate surface area is 118 Å². The number of rotatable bonds is 7. The lowest BCUT2D eigenvalue weighted by Crippen LogP contribution is -2.33. The maximum atomic E-state index is 10.3. The molecule has 0 bridgehead atoms. The van der Waals surface area contributed by atoms with Crippen molar-refractivity contribution in [2.75, 3.05) is 23.9 Å². The predicted octanol–water partition coefficient (Wildman–Crippen LogP) is 1.02. The molecule has 0 saturated heterocycles. The summed E-state index contributed by atoms with van der Waals surface area (Å²) in [5.41, 5.74) is 1.89. The Morgan fingerprint density at radius 3 is 2.70 bits per heavy atom. The molecule has 1 saturated carbocycles. The number of nitrogens with two attached hydrogens (primary N) is 1. The van der Waals surface area contributed by atoms with Crippen LogP contribution in [0.25, 0.3) is 0 Å². The fraction of sp³-hybridized carbons (Fsp3) is 0.692. The number of nitrogen functional groups attached to an aromatic ring is 1. The molecule has 112 valence electrons. The average molecular weight is 281 g/mol. The van der Waals surface area contributed by atoms with Gasteiger partial charge >= 0.3 is 0 Å². The van der Waals surface area contributed by atoms with Gasteiger partial charge < -0.3 is 20.6 Å². The summed E-state index contributed by atoms with van der Waals surface area (Å²) >= 11 is 0. The van der Waals surface area contributed by atoms with E-state index >= 15 is 0 Å². The van der Waals surface area contributed by atoms with Crippen molar-refractivity contribution in [2.24, 2.45) is 5.84 Å².